The summed E-state index contributed by atoms with van der Waals surface area (Å²) in [4.78, 5) is 21.6. The molecule has 2 aliphatic carbocycles. The highest BCUT2D eigenvalue weighted by molar-refractivity contribution is 7.89. The van der Waals surface area contributed by atoms with Crippen LogP contribution < -0.4 is 5.32 Å². The molecular formula is C35H30F6N6O4S. The molecule has 52 heavy (non-hydrogen) atoms. The highest BCUT2D eigenvalue weighted by Crippen LogP contribution is 2.68. The highest BCUT2D eigenvalue weighted by Gasteiger charge is 2.67. The van der Waals surface area contributed by atoms with Gasteiger partial charge in [0.2, 0.25) is 15.9 Å². The number of nitrogens with zero attached hydrogens (tertiary/aromatic N) is 4. The van der Waals surface area contributed by atoms with Crippen molar-refractivity contribution >= 4 is 27.0 Å². The number of sulfonamides is 1. The van der Waals surface area contributed by atoms with Gasteiger partial charge in [0.05, 0.1) is 40.9 Å². The lowest BCUT2D eigenvalue weighted by molar-refractivity contribution is -0.123. The van der Waals surface area contributed by atoms with Gasteiger partial charge in [-0.05, 0) is 66.3 Å². The van der Waals surface area contributed by atoms with Crippen LogP contribution in [0.1, 0.15) is 53.0 Å². The third-order valence-electron chi connectivity index (χ3n) is 9.82. The van der Waals surface area contributed by atoms with Crippen LogP contribution in [0.25, 0.3) is 22.2 Å². The van der Waals surface area contributed by atoms with Crippen molar-refractivity contribution < 1.29 is 44.3 Å². The van der Waals surface area contributed by atoms with Gasteiger partial charge < -0.3 is 15.0 Å². The molecule has 272 valence electrons. The van der Waals surface area contributed by atoms with Gasteiger partial charge in [-0.15, -0.1) is 0 Å². The van der Waals surface area contributed by atoms with Crippen LogP contribution in [0.15, 0.2) is 65.7 Å². The van der Waals surface area contributed by atoms with E-state index in [1.165, 1.54) is 16.4 Å². The lowest BCUT2D eigenvalue weighted by Gasteiger charge is -2.26. The van der Waals surface area contributed by atoms with Gasteiger partial charge in [0, 0.05) is 42.4 Å². The zero-order chi connectivity index (χ0) is 36.5. The maximum absolute atomic E-state index is 15.2. The van der Waals surface area contributed by atoms with Gasteiger partial charge in [0.1, 0.15) is 29.6 Å². The molecule has 3 aromatic heterocycles. The minimum absolute atomic E-state index is 0.0399. The summed E-state index contributed by atoms with van der Waals surface area (Å²) in [6.07, 6.45) is -1.67. The summed E-state index contributed by atoms with van der Waals surface area (Å²) in [5.41, 5.74) is 0.573. The number of morpholine rings is 1. The predicted molar refractivity (Wildman–Crippen MR) is 174 cm³/mol. The zero-order valence-corrected chi connectivity index (χ0v) is 27.9. The van der Waals surface area contributed by atoms with Crippen molar-refractivity contribution in [3.8, 4) is 11.1 Å². The Morgan fingerprint density at radius 1 is 1.02 bits per heavy atom. The number of rotatable bonds is 10. The number of aromatic amines is 1. The number of hydrogen-bond acceptors (Lipinski definition) is 6. The second-order valence-electron chi connectivity index (χ2n) is 13.2. The van der Waals surface area contributed by atoms with Gasteiger partial charge in [-0.25, -0.2) is 31.0 Å². The molecule has 2 aromatic carbocycles. The normalized spacial score (nSPS) is 20.2. The number of alkyl halides is 4. The molecule has 10 nitrogen and oxygen atoms in total. The molecule has 1 saturated heterocycles. The maximum Gasteiger partial charge on any atom is 0.293 e. The summed E-state index contributed by atoms with van der Waals surface area (Å²) in [6.45, 7) is 0.101. The van der Waals surface area contributed by atoms with E-state index in [4.69, 9.17) is 9.72 Å². The first kappa shape index (κ1) is 34.4. The molecule has 4 heterocycles. The van der Waals surface area contributed by atoms with Crippen LogP contribution in [0, 0.1) is 17.6 Å². The first-order valence-electron chi connectivity index (χ1n) is 16.5. The molecule has 2 N–H and O–H groups in total. The number of ether oxygens (including phenoxy) is 1. The van der Waals surface area contributed by atoms with Crippen LogP contribution in [-0.2, 0) is 38.4 Å². The van der Waals surface area contributed by atoms with E-state index in [0.717, 1.165) is 12.1 Å². The maximum atomic E-state index is 15.2. The summed E-state index contributed by atoms with van der Waals surface area (Å²) >= 11 is 0. The van der Waals surface area contributed by atoms with Crippen molar-refractivity contribution in [3.05, 3.63) is 101 Å². The van der Waals surface area contributed by atoms with Crippen LogP contribution in [0.2, 0.25) is 0 Å². The summed E-state index contributed by atoms with van der Waals surface area (Å²) in [6, 6.07) is 11.1. The third-order valence-corrected chi connectivity index (χ3v) is 11.7. The Hall–Kier alpha value is -4.74. The van der Waals surface area contributed by atoms with E-state index in [1.54, 1.807) is 30.5 Å². The number of amides is 1. The number of hydrogen-bond donors (Lipinski definition) is 2. The molecular weight excluding hydrogens is 714 g/mol. The monoisotopic (exact) mass is 744 g/mol. The number of H-pyrrole nitrogens is 1. The van der Waals surface area contributed by atoms with Crippen LogP contribution in [0.5, 0.6) is 0 Å². The Balaban J connectivity index is 1.17. The van der Waals surface area contributed by atoms with Crippen molar-refractivity contribution in [2.75, 3.05) is 26.3 Å². The Bertz CT molecular complexity index is 2290. The molecule has 0 unspecified atom stereocenters. The minimum Gasteiger partial charge on any atom is -0.379 e. The van der Waals surface area contributed by atoms with Gasteiger partial charge in [-0.3, -0.25) is 9.48 Å². The number of carbonyl (C=O) groups excluding carboxylic acids is 1. The molecule has 3 atom stereocenters. The number of benzene rings is 2. The van der Waals surface area contributed by atoms with E-state index in [9.17, 15) is 30.8 Å². The molecule has 5 aromatic rings. The fourth-order valence-corrected chi connectivity index (χ4v) is 8.78. The lowest BCUT2D eigenvalue weighted by Crippen LogP contribution is -2.40. The van der Waals surface area contributed by atoms with Crippen LogP contribution in [0.4, 0.5) is 26.3 Å². The zero-order valence-electron chi connectivity index (χ0n) is 27.1. The molecule has 8 rings (SSSR count). The number of pyridine rings is 1. The van der Waals surface area contributed by atoms with Crippen molar-refractivity contribution in [2.24, 2.45) is 5.92 Å². The number of fused-ring (bicyclic) bond motifs is 4. The van der Waals surface area contributed by atoms with Crippen molar-refractivity contribution in [1.29, 1.82) is 0 Å². The third kappa shape index (κ3) is 6.03. The molecule has 2 fully saturated rings. The van der Waals surface area contributed by atoms with E-state index in [-0.39, 0.29) is 60.9 Å². The van der Waals surface area contributed by atoms with E-state index in [1.807, 2.05) is 0 Å². The summed E-state index contributed by atoms with van der Waals surface area (Å²) < 4.78 is 121. The van der Waals surface area contributed by atoms with E-state index in [0.29, 0.717) is 32.9 Å². The fourth-order valence-electron chi connectivity index (χ4n) is 7.37. The minimum atomic E-state index is -3.83. The number of aromatic nitrogens is 4. The molecule has 17 heteroatoms. The van der Waals surface area contributed by atoms with Gasteiger partial charge in [0.25, 0.3) is 12.3 Å². The molecule has 1 aliphatic heterocycles. The summed E-state index contributed by atoms with van der Waals surface area (Å²) in [5, 5.41) is 6.47. The largest absolute Gasteiger partial charge is 0.379 e. The second kappa shape index (κ2) is 12.7. The van der Waals surface area contributed by atoms with E-state index >= 15 is 8.78 Å². The van der Waals surface area contributed by atoms with Crippen LogP contribution in [0.3, 0.4) is 0 Å². The first-order valence-corrected chi connectivity index (χ1v) is 17.9. The van der Waals surface area contributed by atoms with Crippen LogP contribution >= 0.6 is 0 Å². The van der Waals surface area contributed by atoms with Gasteiger partial charge in [-0.2, -0.15) is 18.2 Å². The highest BCUT2D eigenvalue weighted by atomic mass is 32.2. The Kier molecular flexibility index (Phi) is 8.41. The Morgan fingerprint density at radius 2 is 1.73 bits per heavy atom. The van der Waals surface area contributed by atoms with E-state index in [2.05, 4.69) is 15.4 Å². The second-order valence-corrected chi connectivity index (χ2v) is 15.1. The van der Waals surface area contributed by atoms with Crippen molar-refractivity contribution in [3.63, 3.8) is 0 Å². The van der Waals surface area contributed by atoms with Gasteiger partial charge in [0.15, 0.2) is 0 Å². The Morgan fingerprint density at radius 3 is 2.42 bits per heavy atom. The summed E-state index contributed by atoms with van der Waals surface area (Å²) in [5.74, 6) is -7.97. The predicted octanol–water partition coefficient (Wildman–Crippen LogP) is 5.97. The van der Waals surface area contributed by atoms with Crippen molar-refractivity contribution in [2.45, 2.75) is 48.6 Å². The molecule has 0 spiro atoms. The topological polar surface area (TPSA) is 122 Å². The smallest absolute Gasteiger partial charge is 0.293 e. The number of nitrogens with one attached hydrogen (secondary N) is 2. The molecule has 3 aliphatic rings. The SMILES string of the molecule is O=C(Cn1nc(C(F)F)c2c1C(F)(F)[C@@H]1C[C@H]21)N[C@@H](Cc1cc(F)cc(F)c1)c1nc2cc[nH]c2cc1-c1ccc(S(=O)(=O)N2CCOCC2)cc1. The Labute approximate surface area is 292 Å². The first-order chi connectivity index (χ1) is 24.8. The number of carbonyl (C=O) groups is 1. The summed E-state index contributed by atoms with van der Waals surface area (Å²) in [7, 11) is -3.83. The molecule has 1 amide bonds. The fraction of sp³-hybridized carbons (Fsp3) is 0.343. The average Bonchev–Trinajstić information content (AvgIpc) is 3.52. The molecule has 1 saturated carbocycles. The molecule has 0 radical (unpaired) electrons. The standard InChI is InChI=1S/C35H30F6N6O4S/c36-20-11-18(12-21(37)14-20)13-28(43-29(48)17-47-33-30(32(45-47)34(38)39)24-15-25(24)35(33,40)41)31-23(16-27-26(44-31)5-6-42-27)19-1-3-22(4-2-19)52(49,50)46-7-9-51-10-8-46/h1-6,11-12,14,16,24-25,28,34,42H,7-10,13,15,17H2,(H,43,48)/t24-,25+,28-/m0/s1. The lowest BCUT2D eigenvalue weighted by atomic mass is 9.95. The van der Waals surface area contributed by atoms with Gasteiger partial charge >= 0.3 is 0 Å². The van der Waals surface area contributed by atoms with Gasteiger partial charge in [-0.1, -0.05) is 12.1 Å². The molecule has 0 bridgehead atoms. The van der Waals surface area contributed by atoms with Crippen molar-refractivity contribution in [1.82, 2.24) is 29.4 Å². The quantitative estimate of drug-likeness (QED) is 0.170. The van der Waals surface area contributed by atoms with Crippen LogP contribution in [-0.4, -0.2) is 64.7 Å². The average molecular weight is 745 g/mol. The number of halogens is 6. The van der Waals surface area contributed by atoms with E-state index < -0.39 is 75.7 Å².